The fourth-order valence-electron chi connectivity index (χ4n) is 3.19. The van der Waals surface area contributed by atoms with Crippen molar-refractivity contribution in [2.45, 2.75) is 43.3 Å². The van der Waals surface area contributed by atoms with Crippen molar-refractivity contribution in [3.8, 4) is 0 Å². The van der Waals surface area contributed by atoms with Crippen molar-refractivity contribution in [1.29, 1.82) is 0 Å². The van der Waals surface area contributed by atoms with Gasteiger partial charge in [-0.25, -0.2) is 8.42 Å². The van der Waals surface area contributed by atoms with Gasteiger partial charge in [0.25, 0.3) is 0 Å². The Labute approximate surface area is 151 Å². The molecule has 9 heteroatoms. The Hall–Kier alpha value is -1.61. The van der Waals surface area contributed by atoms with Crippen LogP contribution in [-0.2, 0) is 21.1 Å². The van der Waals surface area contributed by atoms with Crippen LogP contribution in [0.5, 0.6) is 0 Å². The van der Waals surface area contributed by atoms with Gasteiger partial charge in [0.15, 0.2) is 15.6 Å². The molecule has 1 amide bonds. The minimum Gasteiger partial charge on any atom is -0.338 e. The van der Waals surface area contributed by atoms with Gasteiger partial charge in [-0.05, 0) is 36.5 Å². The number of amides is 1. The molecule has 1 heterocycles. The second-order valence-electron chi connectivity index (χ2n) is 6.80. The molecule has 0 aromatic heterocycles. The number of piperidine rings is 1. The summed E-state index contributed by atoms with van der Waals surface area (Å²) >= 11 is 0. The lowest BCUT2D eigenvalue weighted by atomic mass is 9.92. The van der Waals surface area contributed by atoms with Gasteiger partial charge >= 0.3 is 6.18 Å². The summed E-state index contributed by atoms with van der Waals surface area (Å²) in [5.74, 6) is -1.51. The minimum atomic E-state index is -4.80. The highest BCUT2D eigenvalue weighted by Crippen LogP contribution is 2.24. The molecule has 2 unspecified atom stereocenters. The smallest absolute Gasteiger partial charge is 0.338 e. The highest BCUT2D eigenvalue weighted by atomic mass is 32.2. The summed E-state index contributed by atoms with van der Waals surface area (Å²) in [4.78, 5) is 13.9. The molecule has 146 valence electrons. The first kappa shape index (κ1) is 20.7. The number of benzene rings is 1. The number of carbonyl (C=O) groups is 1. The summed E-state index contributed by atoms with van der Waals surface area (Å²) in [7, 11) is -4.44. The Morgan fingerprint density at radius 3 is 2.42 bits per heavy atom. The third-order valence-electron chi connectivity index (χ3n) is 4.56. The molecular weight excluding hydrogens is 369 g/mol. The van der Waals surface area contributed by atoms with Crippen LogP contribution in [0, 0.1) is 5.92 Å². The highest BCUT2D eigenvalue weighted by Gasteiger charge is 2.36. The van der Waals surface area contributed by atoms with E-state index >= 15 is 0 Å². The molecule has 0 spiro atoms. The van der Waals surface area contributed by atoms with Crippen LogP contribution in [0.15, 0.2) is 29.2 Å². The van der Waals surface area contributed by atoms with Crippen LogP contribution in [0.25, 0.3) is 0 Å². The molecule has 1 aromatic carbocycles. The van der Waals surface area contributed by atoms with Gasteiger partial charge in [0, 0.05) is 19.1 Å². The Bertz CT molecular complexity index is 733. The molecule has 0 bridgehead atoms. The van der Waals surface area contributed by atoms with Crippen molar-refractivity contribution in [3.05, 3.63) is 29.8 Å². The van der Waals surface area contributed by atoms with Gasteiger partial charge in [-0.1, -0.05) is 19.1 Å². The van der Waals surface area contributed by atoms with E-state index in [9.17, 15) is 26.4 Å². The quantitative estimate of drug-likeness (QED) is 0.833. The fraction of sp³-hybridized carbons (Fsp3) is 0.588. The van der Waals surface area contributed by atoms with E-state index in [1.165, 1.54) is 12.1 Å². The fourth-order valence-corrected chi connectivity index (χ4v) is 4.34. The van der Waals surface area contributed by atoms with E-state index in [2.05, 4.69) is 6.92 Å². The van der Waals surface area contributed by atoms with Gasteiger partial charge in [-0.15, -0.1) is 0 Å². The molecular formula is C17H23F3N2O3S. The number of rotatable bonds is 5. The SMILES string of the molecule is CC1CCN(C(=O)Cc2ccc(S(=O)(=O)CC(F)(F)F)cc2)C(CN)C1. The van der Waals surface area contributed by atoms with Crippen LogP contribution < -0.4 is 5.73 Å². The number of likely N-dealkylation sites (tertiary alicyclic amines) is 1. The lowest BCUT2D eigenvalue weighted by molar-refractivity contribution is -0.134. The van der Waals surface area contributed by atoms with Gasteiger partial charge in [-0.2, -0.15) is 13.2 Å². The third kappa shape index (κ3) is 5.44. The monoisotopic (exact) mass is 392 g/mol. The molecule has 1 aliphatic heterocycles. The van der Waals surface area contributed by atoms with Crippen molar-refractivity contribution in [2.75, 3.05) is 18.8 Å². The molecule has 1 saturated heterocycles. The molecule has 5 nitrogen and oxygen atoms in total. The maximum absolute atomic E-state index is 12.5. The zero-order valence-electron chi connectivity index (χ0n) is 14.5. The van der Waals surface area contributed by atoms with Crippen LogP contribution in [0.1, 0.15) is 25.3 Å². The first-order valence-electron chi connectivity index (χ1n) is 8.40. The predicted molar refractivity (Wildman–Crippen MR) is 91.2 cm³/mol. The third-order valence-corrected chi connectivity index (χ3v) is 6.26. The zero-order valence-corrected chi connectivity index (χ0v) is 15.3. The molecule has 0 saturated carbocycles. The van der Waals surface area contributed by atoms with E-state index in [0.29, 0.717) is 24.6 Å². The number of hydrogen-bond donors (Lipinski definition) is 1. The van der Waals surface area contributed by atoms with Gasteiger partial charge in [0.1, 0.15) is 0 Å². The Morgan fingerprint density at radius 2 is 1.88 bits per heavy atom. The molecule has 1 aromatic rings. The normalized spacial score (nSPS) is 21.7. The maximum atomic E-state index is 12.5. The Morgan fingerprint density at radius 1 is 1.27 bits per heavy atom. The number of alkyl halides is 3. The van der Waals surface area contributed by atoms with E-state index < -0.39 is 26.7 Å². The molecule has 2 N–H and O–H groups in total. The summed E-state index contributed by atoms with van der Waals surface area (Å²) in [6, 6.07) is 4.97. The van der Waals surface area contributed by atoms with Gasteiger partial charge in [0.05, 0.1) is 11.3 Å². The van der Waals surface area contributed by atoms with E-state index in [4.69, 9.17) is 5.73 Å². The average molecular weight is 392 g/mol. The topological polar surface area (TPSA) is 80.5 Å². The van der Waals surface area contributed by atoms with Gasteiger partial charge in [-0.3, -0.25) is 4.79 Å². The molecule has 26 heavy (non-hydrogen) atoms. The Kier molecular flexibility index (Phi) is 6.33. The number of hydrogen-bond acceptors (Lipinski definition) is 4. The van der Waals surface area contributed by atoms with Crippen molar-refractivity contribution in [2.24, 2.45) is 11.7 Å². The maximum Gasteiger partial charge on any atom is 0.403 e. The van der Waals surface area contributed by atoms with Crippen LogP contribution in [-0.4, -0.2) is 50.3 Å². The zero-order chi connectivity index (χ0) is 19.5. The van der Waals surface area contributed by atoms with Crippen molar-refractivity contribution in [1.82, 2.24) is 4.90 Å². The van der Waals surface area contributed by atoms with E-state index in [1.54, 1.807) is 4.90 Å². The van der Waals surface area contributed by atoms with Gasteiger partial charge in [0.2, 0.25) is 5.91 Å². The van der Waals surface area contributed by atoms with Crippen LogP contribution >= 0.6 is 0 Å². The number of carbonyl (C=O) groups excluding carboxylic acids is 1. The number of sulfone groups is 1. The van der Waals surface area contributed by atoms with E-state index in [0.717, 1.165) is 25.0 Å². The number of nitrogens with two attached hydrogens (primary N) is 1. The first-order chi connectivity index (χ1) is 12.0. The summed E-state index contributed by atoms with van der Waals surface area (Å²) in [6.45, 7) is 3.12. The minimum absolute atomic E-state index is 0.0160. The summed E-state index contributed by atoms with van der Waals surface area (Å²) in [5, 5.41) is 0. The number of halogens is 3. The van der Waals surface area contributed by atoms with E-state index in [1.807, 2.05) is 0 Å². The van der Waals surface area contributed by atoms with Gasteiger partial charge < -0.3 is 10.6 Å². The van der Waals surface area contributed by atoms with Crippen LogP contribution in [0.2, 0.25) is 0 Å². The first-order valence-corrected chi connectivity index (χ1v) is 10.0. The molecule has 2 atom stereocenters. The average Bonchev–Trinajstić information content (AvgIpc) is 2.52. The van der Waals surface area contributed by atoms with Crippen molar-refractivity contribution < 1.29 is 26.4 Å². The second-order valence-corrected chi connectivity index (χ2v) is 8.79. The molecule has 2 rings (SSSR count). The molecule has 0 aliphatic carbocycles. The highest BCUT2D eigenvalue weighted by molar-refractivity contribution is 7.91. The molecule has 1 fully saturated rings. The molecule has 0 radical (unpaired) electrons. The number of nitrogens with zero attached hydrogens (tertiary/aromatic N) is 1. The standard InChI is InChI=1S/C17H23F3N2O3S/c1-12-6-7-22(14(8-12)10-21)16(23)9-13-2-4-15(5-3-13)26(24,25)11-17(18,19)20/h2-5,12,14H,6-11,21H2,1H3. The molecule has 1 aliphatic rings. The summed E-state index contributed by atoms with van der Waals surface area (Å²) in [6.07, 6.45) is -2.99. The summed E-state index contributed by atoms with van der Waals surface area (Å²) in [5.41, 5.74) is 6.30. The largest absolute Gasteiger partial charge is 0.403 e. The van der Waals surface area contributed by atoms with Crippen LogP contribution in [0.4, 0.5) is 13.2 Å². The lowest BCUT2D eigenvalue weighted by Gasteiger charge is -2.38. The predicted octanol–water partition coefficient (Wildman–Crippen LogP) is 2.15. The lowest BCUT2D eigenvalue weighted by Crippen LogP contribution is -2.49. The van der Waals surface area contributed by atoms with E-state index in [-0.39, 0.29) is 18.4 Å². The summed E-state index contributed by atoms with van der Waals surface area (Å²) < 4.78 is 60.5. The second kappa shape index (κ2) is 7.96. The van der Waals surface area contributed by atoms with Crippen molar-refractivity contribution in [3.63, 3.8) is 0 Å². The van der Waals surface area contributed by atoms with Crippen molar-refractivity contribution >= 4 is 15.7 Å². The Balaban J connectivity index is 2.06. The van der Waals surface area contributed by atoms with Crippen LogP contribution in [0.3, 0.4) is 0 Å².